The molecule has 0 atom stereocenters. The molecule has 21 heavy (non-hydrogen) atoms. The van der Waals surface area contributed by atoms with Gasteiger partial charge in [-0.25, -0.2) is 9.97 Å². The summed E-state index contributed by atoms with van der Waals surface area (Å²) in [7, 11) is 0. The Morgan fingerprint density at radius 3 is 2.52 bits per heavy atom. The van der Waals surface area contributed by atoms with Gasteiger partial charge in [-0.05, 0) is 39.2 Å². The zero-order valence-electron chi connectivity index (χ0n) is 13.6. The lowest BCUT2D eigenvalue weighted by molar-refractivity contribution is 0.514. The van der Waals surface area contributed by atoms with Gasteiger partial charge in [0, 0.05) is 24.3 Å². The Morgan fingerprint density at radius 1 is 1.19 bits per heavy atom. The minimum Gasteiger partial charge on any atom is -0.353 e. The molecule has 1 aromatic heterocycles. The lowest BCUT2D eigenvalue weighted by Gasteiger charge is -2.32. The van der Waals surface area contributed by atoms with Gasteiger partial charge in [-0.2, -0.15) is 0 Å². The van der Waals surface area contributed by atoms with Crippen molar-refractivity contribution in [2.24, 2.45) is 5.73 Å². The van der Waals surface area contributed by atoms with Crippen LogP contribution in [0.15, 0.2) is 6.07 Å². The van der Waals surface area contributed by atoms with Gasteiger partial charge in [-0.15, -0.1) is 0 Å². The third kappa shape index (κ3) is 4.67. The second-order valence-corrected chi connectivity index (χ2v) is 6.10. The van der Waals surface area contributed by atoms with Crippen LogP contribution in [0, 0.1) is 6.92 Å². The normalized spacial score (nSPS) is 16.7. The molecule has 1 heterocycles. The van der Waals surface area contributed by atoms with E-state index in [-0.39, 0.29) is 0 Å². The molecule has 118 valence electrons. The predicted molar refractivity (Wildman–Crippen MR) is 88.7 cm³/mol. The Hall–Kier alpha value is -1.16. The molecule has 1 aromatic rings. The van der Waals surface area contributed by atoms with E-state index >= 15 is 0 Å². The van der Waals surface area contributed by atoms with Crippen LogP contribution in [0.25, 0.3) is 0 Å². The Bertz CT molecular complexity index is 425. The monoisotopic (exact) mass is 290 g/mol. The highest BCUT2D eigenvalue weighted by atomic mass is 15.2. The summed E-state index contributed by atoms with van der Waals surface area (Å²) in [5, 5.41) is 0. The minimum atomic E-state index is 0.623. The van der Waals surface area contributed by atoms with Crippen molar-refractivity contribution in [2.75, 3.05) is 18.0 Å². The fourth-order valence-corrected chi connectivity index (χ4v) is 3.26. The molecule has 0 unspecified atom stereocenters. The van der Waals surface area contributed by atoms with Gasteiger partial charge in [0.05, 0.1) is 0 Å². The molecular weight excluding hydrogens is 260 g/mol. The van der Waals surface area contributed by atoms with E-state index in [1.165, 1.54) is 38.5 Å². The molecule has 0 aliphatic heterocycles. The maximum Gasteiger partial charge on any atom is 0.132 e. The van der Waals surface area contributed by atoms with Gasteiger partial charge in [0.2, 0.25) is 0 Å². The summed E-state index contributed by atoms with van der Waals surface area (Å²) in [5.74, 6) is 2.00. The van der Waals surface area contributed by atoms with Gasteiger partial charge in [0.25, 0.3) is 0 Å². The van der Waals surface area contributed by atoms with Crippen molar-refractivity contribution in [2.45, 2.75) is 71.3 Å². The first-order valence-electron chi connectivity index (χ1n) is 8.56. The highest BCUT2D eigenvalue weighted by Crippen LogP contribution is 2.26. The first-order valence-corrected chi connectivity index (χ1v) is 8.56. The van der Waals surface area contributed by atoms with Crippen molar-refractivity contribution in [3.8, 4) is 0 Å². The number of hydrogen-bond acceptors (Lipinski definition) is 4. The van der Waals surface area contributed by atoms with Crippen LogP contribution in [0.4, 0.5) is 5.82 Å². The summed E-state index contributed by atoms with van der Waals surface area (Å²) in [6.07, 6.45) is 10.0. The van der Waals surface area contributed by atoms with Crippen LogP contribution in [0.5, 0.6) is 0 Å². The third-order valence-corrected chi connectivity index (χ3v) is 4.40. The lowest BCUT2D eigenvalue weighted by atomic mass is 10.1. The predicted octanol–water partition coefficient (Wildman–Crippen LogP) is 3.23. The van der Waals surface area contributed by atoms with Gasteiger partial charge in [0.15, 0.2) is 0 Å². The van der Waals surface area contributed by atoms with E-state index in [9.17, 15) is 0 Å². The maximum absolute atomic E-state index is 5.74. The fraction of sp³-hybridized carbons (Fsp3) is 0.765. The molecule has 0 saturated heterocycles. The van der Waals surface area contributed by atoms with Crippen LogP contribution < -0.4 is 10.6 Å². The van der Waals surface area contributed by atoms with Crippen molar-refractivity contribution in [3.05, 3.63) is 17.6 Å². The third-order valence-electron chi connectivity index (χ3n) is 4.40. The van der Waals surface area contributed by atoms with Gasteiger partial charge < -0.3 is 10.6 Å². The SMILES string of the molecule is CCc1cc(N(CCCN)C2CCCCCC2)nc(C)n1. The molecule has 2 rings (SSSR count). The van der Waals surface area contributed by atoms with Gasteiger partial charge in [-0.3, -0.25) is 0 Å². The number of rotatable bonds is 6. The van der Waals surface area contributed by atoms with Crippen LogP contribution in [0.3, 0.4) is 0 Å². The summed E-state index contributed by atoms with van der Waals surface area (Å²) >= 11 is 0. The molecule has 1 aliphatic rings. The van der Waals surface area contributed by atoms with E-state index in [1.807, 2.05) is 6.92 Å². The quantitative estimate of drug-likeness (QED) is 0.817. The van der Waals surface area contributed by atoms with E-state index < -0.39 is 0 Å². The largest absolute Gasteiger partial charge is 0.353 e. The van der Waals surface area contributed by atoms with Gasteiger partial charge in [0.1, 0.15) is 11.6 Å². The molecule has 1 saturated carbocycles. The van der Waals surface area contributed by atoms with Gasteiger partial charge >= 0.3 is 0 Å². The average molecular weight is 290 g/mol. The molecule has 4 nitrogen and oxygen atoms in total. The molecule has 4 heteroatoms. The van der Waals surface area contributed by atoms with Crippen molar-refractivity contribution < 1.29 is 0 Å². The molecule has 0 spiro atoms. The summed E-state index contributed by atoms with van der Waals surface area (Å²) in [5.41, 5.74) is 6.88. The first-order chi connectivity index (χ1) is 10.2. The van der Waals surface area contributed by atoms with Crippen molar-refractivity contribution >= 4 is 5.82 Å². The second-order valence-electron chi connectivity index (χ2n) is 6.10. The van der Waals surface area contributed by atoms with E-state index in [0.717, 1.165) is 43.3 Å². The average Bonchev–Trinajstić information content (AvgIpc) is 2.76. The Kier molecular flexibility index (Phi) is 6.43. The highest BCUT2D eigenvalue weighted by Gasteiger charge is 2.21. The number of nitrogens with two attached hydrogens (primary N) is 1. The molecule has 0 amide bonds. The number of anilines is 1. The maximum atomic E-state index is 5.74. The standard InChI is InChI=1S/C17H30N4/c1-3-15-13-17(20-14(2)19-15)21(12-8-11-18)16-9-6-4-5-7-10-16/h13,16H,3-12,18H2,1-2H3. The minimum absolute atomic E-state index is 0.623. The fourth-order valence-electron chi connectivity index (χ4n) is 3.26. The number of hydrogen-bond donors (Lipinski definition) is 1. The van der Waals surface area contributed by atoms with E-state index in [1.54, 1.807) is 0 Å². The smallest absolute Gasteiger partial charge is 0.132 e. The van der Waals surface area contributed by atoms with E-state index in [4.69, 9.17) is 10.7 Å². The number of nitrogens with zero attached hydrogens (tertiary/aromatic N) is 3. The number of aryl methyl sites for hydroxylation is 2. The Labute approximate surface area is 129 Å². The number of aromatic nitrogens is 2. The second kappa shape index (κ2) is 8.32. The summed E-state index contributed by atoms with van der Waals surface area (Å²) in [6.45, 7) is 5.91. The van der Waals surface area contributed by atoms with Crippen LogP contribution >= 0.6 is 0 Å². The Balaban J connectivity index is 2.23. The topological polar surface area (TPSA) is 55.0 Å². The summed E-state index contributed by atoms with van der Waals surface area (Å²) < 4.78 is 0. The molecular formula is C17H30N4. The summed E-state index contributed by atoms with van der Waals surface area (Å²) in [4.78, 5) is 11.7. The lowest BCUT2D eigenvalue weighted by Crippen LogP contribution is -2.37. The van der Waals surface area contributed by atoms with E-state index in [2.05, 4.69) is 22.9 Å². The van der Waals surface area contributed by atoms with E-state index in [0.29, 0.717) is 6.04 Å². The first kappa shape index (κ1) is 16.2. The van der Waals surface area contributed by atoms with Crippen molar-refractivity contribution in [3.63, 3.8) is 0 Å². The molecule has 0 radical (unpaired) electrons. The van der Waals surface area contributed by atoms with Gasteiger partial charge in [-0.1, -0.05) is 32.6 Å². The van der Waals surface area contributed by atoms with Crippen molar-refractivity contribution in [1.29, 1.82) is 0 Å². The van der Waals surface area contributed by atoms with Crippen molar-refractivity contribution in [1.82, 2.24) is 9.97 Å². The molecule has 2 N–H and O–H groups in total. The molecule has 1 fully saturated rings. The molecule has 1 aliphatic carbocycles. The zero-order valence-corrected chi connectivity index (χ0v) is 13.6. The van der Waals surface area contributed by atoms with Crippen LogP contribution in [-0.2, 0) is 6.42 Å². The van der Waals surface area contributed by atoms with Crippen LogP contribution in [0.1, 0.15) is 63.4 Å². The molecule has 0 aromatic carbocycles. The van der Waals surface area contributed by atoms with Crippen LogP contribution in [0.2, 0.25) is 0 Å². The molecule has 0 bridgehead atoms. The van der Waals surface area contributed by atoms with Crippen LogP contribution in [-0.4, -0.2) is 29.1 Å². The Morgan fingerprint density at radius 2 is 1.90 bits per heavy atom. The summed E-state index contributed by atoms with van der Waals surface area (Å²) in [6, 6.07) is 2.80. The highest BCUT2D eigenvalue weighted by molar-refractivity contribution is 5.41. The zero-order chi connectivity index (χ0) is 15.1.